The molecule has 86 valence electrons. The van der Waals surface area contributed by atoms with Crippen LogP contribution in [0.2, 0.25) is 0 Å². The Kier molecular flexibility index (Phi) is 2.77. The molecule has 0 bridgehead atoms. The van der Waals surface area contributed by atoms with Gasteiger partial charge in [-0.05, 0) is 36.5 Å². The summed E-state index contributed by atoms with van der Waals surface area (Å²) in [5, 5.41) is 7.05. The molecule has 0 amide bonds. The van der Waals surface area contributed by atoms with Crippen molar-refractivity contribution < 1.29 is 0 Å². The zero-order valence-electron chi connectivity index (χ0n) is 9.52. The van der Waals surface area contributed by atoms with E-state index in [2.05, 4.69) is 34.5 Å². The Balaban J connectivity index is 1.88. The summed E-state index contributed by atoms with van der Waals surface area (Å²) in [6.07, 6.45) is 4.06. The third kappa shape index (κ3) is 2.15. The summed E-state index contributed by atoms with van der Waals surface area (Å²) in [6, 6.07) is 12.6. The van der Waals surface area contributed by atoms with Gasteiger partial charge in [-0.1, -0.05) is 42.9 Å². The van der Waals surface area contributed by atoms with Crippen LogP contribution in [0.5, 0.6) is 0 Å². The molecule has 1 aromatic carbocycles. The second-order valence-corrected chi connectivity index (χ2v) is 5.00. The molecule has 2 aromatic rings. The summed E-state index contributed by atoms with van der Waals surface area (Å²) >= 11 is 4.98. The maximum atomic E-state index is 4.98. The molecule has 1 aliphatic carbocycles. The largest absolute Gasteiger partial charge is 0.267 e. The van der Waals surface area contributed by atoms with Gasteiger partial charge in [-0.3, -0.25) is 5.10 Å². The van der Waals surface area contributed by atoms with Crippen LogP contribution in [-0.2, 0) is 0 Å². The number of rotatable bonds is 2. The fourth-order valence-corrected chi connectivity index (χ4v) is 2.29. The number of hydrogen-bond acceptors (Lipinski definition) is 2. The minimum Gasteiger partial charge on any atom is -0.267 e. The smallest absolute Gasteiger partial charge is 0.119 e. The molecule has 0 unspecified atom stereocenters. The van der Waals surface area contributed by atoms with E-state index < -0.39 is 0 Å². The Morgan fingerprint density at radius 3 is 2.35 bits per heavy atom. The number of benzene rings is 1. The van der Waals surface area contributed by atoms with Crippen molar-refractivity contribution in [1.29, 1.82) is 0 Å². The van der Waals surface area contributed by atoms with Crippen molar-refractivity contribution in [2.75, 3.05) is 0 Å². The van der Waals surface area contributed by atoms with Gasteiger partial charge in [0.1, 0.15) is 4.64 Å². The van der Waals surface area contributed by atoms with Crippen LogP contribution in [0.3, 0.4) is 0 Å². The minimum atomic E-state index is 0.667. The molecule has 1 fully saturated rings. The van der Waals surface area contributed by atoms with Crippen LogP contribution in [0, 0.1) is 4.64 Å². The second kappa shape index (κ2) is 4.41. The highest BCUT2D eigenvalue weighted by Gasteiger charge is 2.18. The van der Waals surface area contributed by atoms with E-state index in [1.165, 1.54) is 24.8 Å². The van der Waals surface area contributed by atoms with Gasteiger partial charge in [0.2, 0.25) is 0 Å². The molecule has 1 heterocycles. The topological polar surface area (TPSA) is 28.7 Å². The highest BCUT2D eigenvalue weighted by atomic mass is 32.1. The Bertz CT molecular complexity index is 547. The number of aromatic nitrogens is 2. The van der Waals surface area contributed by atoms with Crippen LogP contribution in [0.4, 0.5) is 0 Å². The molecule has 3 heteroatoms. The first-order chi connectivity index (χ1) is 8.33. The summed E-state index contributed by atoms with van der Waals surface area (Å²) in [5.41, 5.74) is 3.54. The third-order valence-corrected chi connectivity index (χ3v) is 3.69. The fourth-order valence-electron chi connectivity index (χ4n) is 2.17. The molecule has 1 saturated carbocycles. The first-order valence-electron chi connectivity index (χ1n) is 5.99. The van der Waals surface area contributed by atoms with Crippen LogP contribution < -0.4 is 0 Å². The Hall–Kier alpha value is -1.48. The van der Waals surface area contributed by atoms with E-state index in [1.54, 1.807) is 0 Å². The number of nitrogens with one attached hydrogen (secondary N) is 1. The van der Waals surface area contributed by atoms with Crippen LogP contribution in [0.1, 0.15) is 30.7 Å². The second-order valence-electron chi connectivity index (χ2n) is 4.56. The quantitative estimate of drug-likeness (QED) is 0.804. The SMILES string of the molecule is S=c1ccc(-c2ccc(C3CCC3)cc2)n[nH]1. The van der Waals surface area contributed by atoms with E-state index in [0.717, 1.165) is 17.2 Å². The molecule has 1 N–H and O–H groups in total. The van der Waals surface area contributed by atoms with Gasteiger partial charge in [0.05, 0.1) is 5.69 Å². The van der Waals surface area contributed by atoms with E-state index in [0.29, 0.717) is 4.64 Å². The van der Waals surface area contributed by atoms with Crippen molar-refractivity contribution in [1.82, 2.24) is 10.2 Å². The van der Waals surface area contributed by atoms with Crippen LogP contribution >= 0.6 is 12.2 Å². The standard InChI is InChI=1S/C14H14N2S/c17-14-9-8-13(15-16-14)12-6-4-11(5-7-12)10-2-1-3-10/h4-10H,1-3H2,(H,16,17). The summed E-state index contributed by atoms with van der Waals surface area (Å²) in [5.74, 6) is 0.790. The Morgan fingerprint density at radius 2 is 1.82 bits per heavy atom. The molecule has 2 nitrogen and oxygen atoms in total. The average Bonchev–Trinajstić information content (AvgIpc) is 2.29. The molecule has 1 aromatic heterocycles. The lowest BCUT2D eigenvalue weighted by atomic mass is 9.80. The van der Waals surface area contributed by atoms with Crippen molar-refractivity contribution in [2.45, 2.75) is 25.2 Å². The zero-order chi connectivity index (χ0) is 11.7. The van der Waals surface area contributed by atoms with E-state index in [9.17, 15) is 0 Å². The normalized spacial score (nSPS) is 15.5. The number of hydrogen-bond donors (Lipinski definition) is 1. The molecule has 0 aliphatic heterocycles. The van der Waals surface area contributed by atoms with Gasteiger partial charge in [-0.15, -0.1) is 0 Å². The number of H-pyrrole nitrogens is 1. The average molecular weight is 242 g/mol. The lowest BCUT2D eigenvalue weighted by molar-refractivity contribution is 0.420. The zero-order valence-corrected chi connectivity index (χ0v) is 10.3. The molecule has 0 saturated heterocycles. The predicted octanol–water partition coefficient (Wildman–Crippen LogP) is 4.07. The van der Waals surface area contributed by atoms with E-state index >= 15 is 0 Å². The molecule has 0 atom stereocenters. The molecule has 3 rings (SSSR count). The van der Waals surface area contributed by atoms with Gasteiger partial charge >= 0.3 is 0 Å². The van der Waals surface area contributed by atoms with E-state index in [4.69, 9.17) is 12.2 Å². The van der Waals surface area contributed by atoms with E-state index in [1.807, 2.05) is 12.1 Å². The molecule has 1 aliphatic rings. The molecule has 0 spiro atoms. The van der Waals surface area contributed by atoms with Gasteiger partial charge in [-0.2, -0.15) is 5.10 Å². The summed E-state index contributed by atoms with van der Waals surface area (Å²) < 4.78 is 0.667. The summed E-state index contributed by atoms with van der Waals surface area (Å²) in [7, 11) is 0. The monoisotopic (exact) mass is 242 g/mol. The van der Waals surface area contributed by atoms with Crippen molar-refractivity contribution in [3.63, 3.8) is 0 Å². The van der Waals surface area contributed by atoms with Crippen LogP contribution in [-0.4, -0.2) is 10.2 Å². The van der Waals surface area contributed by atoms with Crippen LogP contribution in [0.25, 0.3) is 11.3 Å². The first kappa shape index (κ1) is 10.7. The van der Waals surface area contributed by atoms with Crippen molar-refractivity contribution in [3.05, 3.63) is 46.6 Å². The van der Waals surface area contributed by atoms with Gasteiger partial charge in [-0.25, -0.2) is 0 Å². The predicted molar refractivity (Wildman–Crippen MR) is 71.4 cm³/mol. The van der Waals surface area contributed by atoms with Gasteiger partial charge < -0.3 is 0 Å². The summed E-state index contributed by atoms with van der Waals surface area (Å²) in [6.45, 7) is 0. The summed E-state index contributed by atoms with van der Waals surface area (Å²) in [4.78, 5) is 0. The highest BCUT2D eigenvalue weighted by molar-refractivity contribution is 7.71. The van der Waals surface area contributed by atoms with Crippen molar-refractivity contribution >= 4 is 12.2 Å². The number of aromatic amines is 1. The minimum absolute atomic E-state index is 0.667. The lowest BCUT2D eigenvalue weighted by Crippen LogP contribution is -2.08. The number of nitrogens with zero attached hydrogens (tertiary/aromatic N) is 1. The van der Waals surface area contributed by atoms with Crippen molar-refractivity contribution in [3.8, 4) is 11.3 Å². The maximum absolute atomic E-state index is 4.98. The molecular weight excluding hydrogens is 228 g/mol. The van der Waals surface area contributed by atoms with Crippen molar-refractivity contribution in [2.24, 2.45) is 0 Å². The first-order valence-corrected chi connectivity index (χ1v) is 6.40. The molecule has 17 heavy (non-hydrogen) atoms. The van der Waals surface area contributed by atoms with Gasteiger partial charge in [0.25, 0.3) is 0 Å². The van der Waals surface area contributed by atoms with Crippen LogP contribution in [0.15, 0.2) is 36.4 Å². The Labute approximate surface area is 106 Å². The van der Waals surface area contributed by atoms with E-state index in [-0.39, 0.29) is 0 Å². The maximum Gasteiger partial charge on any atom is 0.119 e. The molecule has 0 radical (unpaired) electrons. The third-order valence-electron chi connectivity index (χ3n) is 3.46. The van der Waals surface area contributed by atoms with Gasteiger partial charge in [0, 0.05) is 5.56 Å². The van der Waals surface area contributed by atoms with Gasteiger partial charge in [0.15, 0.2) is 0 Å². The molecular formula is C14H14N2S. The Morgan fingerprint density at radius 1 is 1.06 bits per heavy atom. The highest BCUT2D eigenvalue weighted by Crippen LogP contribution is 2.36. The lowest BCUT2D eigenvalue weighted by Gasteiger charge is -2.25. The fraction of sp³-hybridized carbons (Fsp3) is 0.286.